The number of carbonyl (C=O) groups excluding carboxylic acids is 1. The molecule has 0 bridgehead atoms. The number of carbonyl (C=O) groups is 1. The summed E-state index contributed by atoms with van der Waals surface area (Å²) in [6.45, 7) is 5.19. The lowest BCUT2D eigenvalue weighted by Crippen LogP contribution is -2.32. The lowest BCUT2D eigenvalue weighted by atomic mass is 9.95. The normalized spacial score (nSPS) is 14.8. The molecule has 2 aromatic carbocycles. The second-order valence-electron chi connectivity index (χ2n) is 7.57. The standard InChI is InChI=1S/C22H26ClNO5S/c1-15(2)22(16-4-9-19-20(14-16)29-12-3-11-28-19)24-21(25)10-13-30(26,27)18-7-5-17(23)6-8-18/h4-9,14-15,22H,3,10-13H2,1-2H3,(H,24,25). The van der Waals surface area contributed by atoms with E-state index in [0.717, 1.165) is 12.0 Å². The third-order valence-corrected chi connectivity index (χ3v) is 6.87. The summed E-state index contributed by atoms with van der Waals surface area (Å²) in [7, 11) is -3.56. The van der Waals surface area contributed by atoms with Crippen molar-refractivity contribution >= 4 is 27.3 Å². The highest BCUT2D eigenvalue weighted by Crippen LogP contribution is 2.34. The van der Waals surface area contributed by atoms with Crippen LogP contribution < -0.4 is 14.8 Å². The van der Waals surface area contributed by atoms with Crippen LogP contribution in [0.15, 0.2) is 47.4 Å². The Kier molecular flexibility index (Phi) is 7.26. The van der Waals surface area contributed by atoms with E-state index >= 15 is 0 Å². The Hall–Kier alpha value is -2.25. The smallest absolute Gasteiger partial charge is 0.221 e. The molecule has 30 heavy (non-hydrogen) atoms. The van der Waals surface area contributed by atoms with Crippen molar-refractivity contribution in [3.63, 3.8) is 0 Å². The summed E-state index contributed by atoms with van der Waals surface area (Å²) in [5.74, 6) is 0.867. The van der Waals surface area contributed by atoms with Crippen molar-refractivity contribution in [1.29, 1.82) is 0 Å². The fourth-order valence-electron chi connectivity index (χ4n) is 3.24. The molecular weight excluding hydrogens is 426 g/mol. The predicted molar refractivity (Wildman–Crippen MR) is 116 cm³/mol. The maximum atomic E-state index is 12.6. The van der Waals surface area contributed by atoms with Crippen molar-refractivity contribution < 1.29 is 22.7 Å². The van der Waals surface area contributed by atoms with Crippen molar-refractivity contribution in [3.05, 3.63) is 53.1 Å². The molecule has 0 saturated heterocycles. The lowest BCUT2D eigenvalue weighted by molar-refractivity contribution is -0.121. The average Bonchev–Trinajstić information content (AvgIpc) is 2.95. The zero-order chi connectivity index (χ0) is 21.7. The number of fused-ring (bicyclic) bond motifs is 1. The van der Waals surface area contributed by atoms with Crippen LogP contribution in [-0.2, 0) is 14.6 Å². The lowest BCUT2D eigenvalue weighted by Gasteiger charge is -2.24. The number of hydrogen-bond acceptors (Lipinski definition) is 5. The highest BCUT2D eigenvalue weighted by molar-refractivity contribution is 7.91. The maximum Gasteiger partial charge on any atom is 0.221 e. The van der Waals surface area contributed by atoms with Gasteiger partial charge >= 0.3 is 0 Å². The molecule has 1 heterocycles. The van der Waals surface area contributed by atoms with E-state index in [2.05, 4.69) is 5.32 Å². The molecule has 1 atom stereocenters. The largest absolute Gasteiger partial charge is 0.490 e. The molecule has 8 heteroatoms. The third kappa shape index (κ3) is 5.67. The minimum absolute atomic E-state index is 0.103. The number of amides is 1. The van der Waals surface area contributed by atoms with E-state index in [1.54, 1.807) is 0 Å². The fourth-order valence-corrected chi connectivity index (χ4v) is 4.61. The van der Waals surface area contributed by atoms with Crippen LogP contribution in [-0.4, -0.2) is 33.3 Å². The van der Waals surface area contributed by atoms with E-state index in [4.69, 9.17) is 21.1 Å². The van der Waals surface area contributed by atoms with Crippen LogP contribution >= 0.6 is 11.6 Å². The van der Waals surface area contributed by atoms with Gasteiger partial charge in [0.05, 0.1) is 29.9 Å². The summed E-state index contributed by atoms with van der Waals surface area (Å²) in [6.07, 6.45) is 0.690. The molecule has 0 spiro atoms. The highest BCUT2D eigenvalue weighted by atomic mass is 35.5. The van der Waals surface area contributed by atoms with Gasteiger partial charge in [0.1, 0.15) is 0 Å². The summed E-state index contributed by atoms with van der Waals surface area (Å²) >= 11 is 5.81. The number of rotatable bonds is 7. The molecule has 1 amide bonds. The zero-order valence-electron chi connectivity index (χ0n) is 17.1. The monoisotopic (exact) mass is 451 g/mol. The summed E-state index contributed by atoms with van der Waals surface area (Å²) in [4.78, 5) is 12.7. The molecule has 1 aliphatic rings. The van der Waals surface area contributed by atoms with Crippen molar-refractivity contribution in [2.24, 2.45) is 5.92 Å². The van der Waals surface area contributed by atoms with Gasteiger partial charge < -0.3 is 14.8 Å². The van der Waals surface area contributed by atoms with Crippen molar-refractivity contribution in [3.8, 4) is 11.5 Å². The highest BCUT2D eigenvalue weighted by Gasteiger charge is 2.23. The van der Waals surface area contributed by atoms with Crippen LogP contribution in [0.5, 0.6) is 11.5 Å². The number of sulfone groups is 1. The van der Waals surface area contributed by atoms with Crippen LogP contribution in [0.2, 0.25) is 5.02 Å². The molecule has 0 saturated carbocycles. The van der Waals surface area contributed by atoms with Gasteiger partial charge in [0.15, 0.2) is 21.3 Å². The number of halogens is 1. The molecule has 162 valence electrons. The summed E-state index contributed by atoms with van der Waals surface area (Å²) < 4.78 is 36.4. The van der Waals surface area contributed by atoms with Gasteiger partial charge in [0.2, 0.25) is 5.91 Å². The van der Waals surface area contributed by atoms with E-state index in [0.29, 0.717) is 29.7 Å². The van der Waals surface area contributed by atoms with Crippen molar-refractivity contribution in [2.75, 3.05) is 19.0 Å². The minimum Gasteiger partial charge on any atom is -0.490 e. The quantitative estimate of drug-likeness (QED) is 0.682. The van der Waals surface area contributed by atoms with Gasteiger partial charge in [-0.1, -0.05) is 31.5 Å². The van der Waals surface area contributed by atoms with Gasteiger partial charge in [-0.15, -0.1) is 0 Å². The number of ether oxygens (including phenoxy) is 2. The van der Waals surface area contributed by atoms with Gasteiger partial charge in [0, 0.05) is 17.9 Å². The minimum atomic E-state index is -3.56. The van der Waals surface area contributed by atoms with Crippen molar-refractivity contribution in [2.45, 2.75) is 37.6 Å². The van der Waals surface area contributed by atoms with E-state index in [1.807, 2.05) is 32.0 Å². The van der Waals surface area contributed by atoms with Gasteiger partial charge in [-0.25, -0.2) is 8.42 Å². The van der Waals surface area contributed by atoms with E-state index in [1.165, 1.54) is 24.3 Å². The Morgan fingerprint density at radius 1 is 1.07 bits per heavy atom. The molecule has 1 N–H and O–H groups in total. The first-order chi connectivity index (χ1) is 14.3. The second kappa shape index (κ2) is 9.71. The van der Waals surface area contributed by atoms with Crippen molar-refractivity contribution in [1.82, 2.24) is 5.32 Å². The van der Waals surface area contributed by atoms with Gasteiger partial charge in [0.25, 0.3) is 0 Å². The Labute approximate surface area is 182 Å². The molecule has 0 radical (unpaired) electrons. The van der Waals surface area contributed by atoms with E-state index in [9.17, 15) is 13.2 Å². The maximum absolute atomic E-state index is 12.6. The number of nitrogens with one attached hydrogen (secondary N) is 1. The topological polar surface area (TPSA) is 81.7 Å². The van der Waals surface area contributed by atoms with Crippen LogP contribution in [0.1, 0.15) is 38.3 Å². The van der Waals surface area contributed by atoms with E-state index < -0.39 is 9.84 Å². The Morgan fingerprint density at radius 3 is 2.40 bits per heavy atom. The van der Waals surface area contributed by atoms with Crippen LogP contribution in [0.25, 0.3) is 0 Å². The van der Waals surface area contributed by atoms with Crippen LogP contribution in [0.3, 0.4) is 0 Å². The second-order valence-corrected chi connectivity index (χ2v) is 10.1. The summed E-state index contributed by atoms with van der Waals surface area (Å²) in [5.41, 5.74) is 0.892. The Balaban J connectivity index is 1.67. The molecule has 0 fully saturated rings. The predicted octanol–water partition coefficient (Wildman–Crippen LogP) is 4.18. The SMILES string of the molecule is CC(C)C(NC(=O)CCS(=O)(=O)c1ccc(Cl)cc1)c1ccc2c(c1)OCCCO2. The van der Waals surface area contributed by atoms with Gasteiger partial charge in [-0.05, 0) is 47.9 Å². The average molecular weight is 452 g/mol. The molecule has 0 aliphatic carbocycles. The zero-order valence-corrected chi connectivity index (χ0v) is 18.6. The fraction of sp³-hybridized carbons (Fsp3) is 0.409. The first-order valence-corrected chi connectivity index (χ1v) is 12.0. The summed E-state index contributed by atoms with van der Waals surface area (Å²) in [6, 6.07) is 11.3. The molecule has 3 rings (SSSR count). The molecular formula is C22H26ClNO5S. The first kappa shape index (κ1) is 22.4. The molecule has 1 aliphatic heterocycles. The number of hydrogen-bond donors (Lipinski definition) is 1. The van der Waals surface area contributed by atoms with E-state index in [-0.39, 0.29) is 34.9 Å². The van der Waals surface area contributed by atoms with Gasteiger partial charge in [-0.2, -0.15) is 0 Å². The molecule has 6 nitrogen and oxygen atoms in total. The first-order valence-electron chi connectivity index (χ1n) is 9.93. The summed E-state index contributed by atoms with van der Waals surface area (Å²) in [5, 5.41) is 3.43. The third-order valence-electron chi connectivity index (χ3n) is 4.88. The van der Waals surface area contributed by atoms with Crippen LogP contribution in [0, 0.1) is 5.92 Å². The molecule has 1 unspecified atom stereocenters. The number of benzene rings is 2. The van der Waals surface area contributed by atoms with Crippen LogP contribution in [0.4, 0.5) is 0 Å². The molecule has 0 aromatic heterocycles. The Morgan fingerprint density at radius 2 is 1.73 bits per heavy atom. The Bertz CT molecular complexity index is 989. The van der Waals surface area contributed by atoms with Gasteiger partial charge in [-0.3, -0.25) is 4.79 Å². The molecule has 2 aromatic rings.